The molecule has 2 nitrogen and oxygen atoms in total. The molecule has 0 aliphatic carbocycles. The van der Waals surface area contributed by atoms with Gasteiger partial charge in [-0.05, 0) is 30.0 Å². The van der Waals surface area contributed by atoms with E-state index in [4.69, 9.17) is 0 Å². The Morgan fingerprint density at radius 2 is 1.50 bits per heavy atom. The van der Waals surface area contributed by atoms with Crippen LogP contribution in [0, 0.1) is 23.2 Å². The molecule has 0 aliphatic heterocycles. The Morgan fingerprint density at radius 1 is 1.00 bits per heavy atom. The molecule has 0 amide bonds. The van der Waals surface area contributed by atoms with Gasteiger partial charge in [0.1, 0.15) is 0 Å². The molecule has 2 unspecified atom stereocenters. The van der Waals surface area contributed by atoms with E-state index >= 15 is 0 Å². The summed E-state index contributed by atoms with van der Waals surface area (Å²) in [6, 6.07) is 11.1. The van der Waals surface area contributed by atoms with Crippen molar-refractivity contribution in [2.75, 3.05) is 7.05 Å². The molecule has 0 saturated carbocycles. The second kappa shape index (κ2) is 6.56. The molecule has 1 aromatic rings. The second-order valence-electron chi connectivity index (χ2n) is 5.49. The van der Waals surface area contributed by atoms with Gasteiger partial charge in [0.05, 0.1) is 12.0 Å². The molecule has 1 rings (SSSR count). The highest BCUT2D eigenvalue weighted by Gasteiger charge is 2.24. The fraction of sp³-hybridized carbons (Fsp3) is 0.562. The first-order valence-corrected chi connectivity index (χ1v) is 6.68. The van der Waals surface area contributed by atoms with E-state index in [2.05, 4.69) is 63.3 Å². The van der Waals surface area contributed by atoms with Crippen LogP contribution in [0.3, 0.4) is 0 Å². The molecule has 0 aliphatic rings. The van der Waals surface area contributed by atoms with Gasteiger partial charge in [0.15, 0.2) is 0 Å². The molecule has 0 bridgehead atoms. The van der Waals surface area contributed by atoms with Crippen molar-refractivity contribution in [1.29, 1.82) is 5.26 Å². The molecule has 0 aromatic heterocycles. The third kappa shape index (κ3) is 3.34. The maximum atomic E-state index is 9.31. The second-order valence-corrected chi connectivity index (χ2v) is 5.49. The molecule has 2 heteroatoms. The number of nitriles is 1. The van der Waals surface area contributed by atoms with Crippen molar-refractivity contribution in [1.82, 2.24) is 5.32 Å². The summed E-state index contributed by atoms with van der Waals surface area (Å²) in [5.74, 6) is 0.890. The lowest BCUT2D eigenvalue weighted by Gasteiger charge is -2.25. The maximum absolute atomic E-state index is 9.31. The standard InChI is InChI=1S/C16H24N2/c1-11(2)13-6-8-14(9-7-13)16(18-5)15(10-17)12(3)4/h6-9,11-12,15-16,18H,1-5H3. The zero-order chi connectivity index (χ0) is 13.7. The Bertz CT molecular complexity index is 398. The van der Waals surface area contributed by atoms with E-state index in [1.807, 2.05) is 7.05 Å². The summed E-state index contributed by atoms with van der Waals surface area (Å²) in [7, 11) is 1.92. The summed E-state index contributed by atoms with van der Waals surface area (Å²) < 4.78 is 0. The van der Waals surface area contributed by atoms with Crippen LogP contribution in [0.2, 0.25) is 0 Å². The number of nitrogens with zero attached hydrogens (tertiary/aromatic N) is 1. The molecule has 1 N–H and O–H groups in total. The molecule has 2 atom stereocenters. The van der Waals surface area contributed by atoms with Gasteiger partial charge in [0, 0.05) is 6.04 Å². The molecular formula is C16H24N2. The van der Waals surface area contributed by atoms with Crippen LogP contribution in [0.1, 0.15) is 50.8 Å². The Kier molecular flexibility index (Phi) is 5.37. The minimum Gasteiger partial charge on any atom is -0.312 e. The third-order valence-electron chi connectivity index (χ3n) is 3.50. The Morgan fingerprint density at radius 3 is 1.83 bits per heavy atom. The Balaban J connectivity index is 2.99. The van der Waals surface area contributed by atoms with Crippen molar-refractivity contribution in [2.24, 2.45) is 11.8 Å². The number of rotatable bonds is 5. The first-order valence-electron chi connectivity index (χ1n) is 6.68. The van der Waals surface area contributed by atoms with E-state index in [1.165, 1.54) is 11.1 Å². The van der Waals surface area contributed by atoms with E-state index in [0.29, 0.717) is 11.8 Å². The fourth-order valence-electron chi connectivity index (χ4n) is 2.25. The molecule has 98 valence electrons. The number of hydrogen-bond acceptors (Lipinski definition) is 2. The minimum atomic E-state index is -0.0000926. The lowest BCUT2D eigenvalue weighted by molar-refractivity contribution is 0.363. The lowest BCUT2D eigenvalue weighted by Crippen LogP contribution is -2.27. The lowest BCUT2D eigenvalue weighted by atomic mass is 9.85. The van der Waals surface area contributed by atoms with Gasteiger partial charge in [0.25, 0.3) is 0 Å². The van der Waals surface area contributed by atoms with Crippen LogP contribution in [-0.4, -0.2) is 7.05 Å². The highest BCUT2D eigenvalue weighted by atomic mass is 14.9. The Labute approximate surface area is 111 Å². The number of nitrogens with one attached hydrogen (secondary N) is 1. The van der Waals surface area contributed by atoms with Gasteiger partial charge < -0.3 is 5.32 Å². The highest BCUT2D eigenvalue weighted by Crippen LogP contribution is 2.28. The maximum Gasteiger partial charge on any atom is 0.0681 e. The zero-order valence-electron chi connectivity index (χ0n) is 12.1. The molecule has 0 saturated heterocycles. The highest BCUT2D eigenvalue weighted by molar-refractivity contribution is 5.28. The van der Waals surface area contributed by atoms with Crippen molar-refractivity contribution in [3.8, 4) is 6.07 Å². The zero-order valence-corrected chi connectivity index (χ0v) is 12.1. The average molecular weight is 244 g/mol. The van der Waals surface area contributed by atoms with Gasteiger partial charge in [-0.15, -0.1) is 0 Å². The molecule has 18 heavy (non-hydrogen) atoms. The van der Waals surface area contributed by atoms with Gasteiger partial charge in [0.2, 0.25) is 0 Å². The third-order valence-corrected chi connectivity index (χ3v) is 3.50. The first kappa shape index (κ1) is 14.7. The van der Waals surface area contributed by atoms with Gasteiger partial charge in [-0.3, -0.25) is 0 Å². The van der Waals surface area contributed by atoms with Crippen LogP contribution in [0.4, 0.5) is 0 Å². The SMILES string of the molecule is CNC(c1ccc(C(C)C)cc1)C(C#N)C(C)C. The van der Waals surface area contributed by atoms with Crippen LogP contribution < -0.4 is 5.32 Å². The topological polar surface area (TPSA) is 35.8 Å². The first-order chi connectivity index (χ1) is 8.51. The van der Waals surface area contributed by atoms with E-state index in [-0.39, 0.29) is 12.0 Å². The monoisotopic (exact) mass is 244 g/mol. The van der Waals surface area contributed by atoms with Crippen LogP contribution in [0.25, 0.3) is 0 Å². The summed E-state index contributed by atoms with van der Waals surface area (Å²) in [4.78, 5) is 0. The average Bonchev–Trinajstić information content (AvgIpc) is 2.35. The minimum absolute atomic E-state index is 0.0000926. The summed E-state index contributed by atoms with van der Waals surface area (Å²) >= 11 is 0. The quantitative estimate of drug-likeness (QED) is 0.853. The molecule has 0 fully saturated rings. The summed E-state index contributed by atoms with van der Waals surface area (Å²) in [5.41, 5.74) is 2.54. The molecular weight excluding hydrogens is 220 g/mol. The van der Waals surface area contributed by atoms with Gasteiger partial charge in [-0.2, -0.15) is 5.26 Å². The largest absolute Gasteiger partial charge is 0.312 e. The van der Waals surface area contributed by atoms with E-state index in [0.717, 1.165) is 0 Å². The molecule has 0 spiro atoms. The molecule has 0 radical (unpaired) electrons. The molecule has 0 heterocycles. The van der Waals surface area contributed by atoms with E-state index in [1.54, 1.807) is 0 Å². The summed E-state index contributed by atoms with van der Waals surface area (Å²) in [6.07, 6.45) is 0. The normalized spacial score (nSPS) is 14.6. The van der Waals surface area contributed by atoms with Crippen LogP contribution in [0.15, 0.2) is 24.3 Å². The van der Waals surface area contributed by atoms with Crippen LogP contribution in [-0.2, 0) is 0 Å². The van der Waals surface area contributed by atoms with Crippen molar-refractivity contribution in [3.63, 3.8) is 0 Å². The van der Waals surface area contributed by atoms with Gasteiger partial charge in [-0.1, -0.05) is 52.0 Å². The van der Waals surface area contributed by atoms with E-state index < -0.39 is 0 Å². The van der Waals surface area contributed by atoms with Crippen molar-refractivity contribution in [2.45, 2.75) is 39.7 Å². The molecule has 1 aromatic carbocycles. The van der Waals surface area contributed by atoms with E-state index in [9.17, 15) is 5.26 Å². The summed E-state index contributed by atoms with van der Waals surface area (Å²) in [5, 5.41) is 12.6. The summed E-state index contributed by atoms with van der Waals surface area (Å²) in [6.45, 7) is 8.58. The number of hydrogen-bond donors (Lipinski definition) is 1. The Hall–Kier alpha value is -1.33. The van der Waals surface area contributed by atoms with Crippen molar-refractivity contribution in [3.05, 3.63) is 35.4 Å². The predicted octanol–water partition coefficient (Wildman–Crippen LogP) is 3.87. The van der Waals surface area contributed by atoms with Gasteiger partial charge in [-0.25, -0.2) is 0 Å². The van der Waals surface area contributed by atoms with Crippen molar-refractivity contribution < 1.29 is 0 Å². The number of benzene rings is 1. The van der Waals surface area contributed by atoms with Gasteiger partial charge >= 0.3 is 0 Å². The van der Waals surface area contributed by atoms with Crippen LogP contribution >= 0.6 is 0 Å². The smallest absolute Gasteiger partial charge is 0.0681 e. The fourth-order valence-corrected chi connectivity index (χ4v) is 2.25. The predicted molar refractivity (Wildman–Crippen MR) is 76.3 cm³/mol. The van der Waals surface area contributed by atoms with Crippen molar-refractivity contribution >= 4 is 0 Å². The van der Waals surface area contributed by atoms with Crippen LogP contribution in [0.5, 0.6) is 0 Å².